The fourth-order valence-electron chi connectivity index (χ4n) is 2.72. The van der Waals surface area contributed by atoms with Gasteiger partial charge in [-0.25, -0.2) is 9.78 Å². The first kappa shape index (κ1) is 22.8. The molecule has 9 nitrogen and oxygen atoms in total. The Morgan fingerprint density at radius 1 is 1.23 bits per heavy atom. The summed E-state index contributed by atoms with van der Waals surface area (Å²) in [6.07, 6.45) is 0. The molecule has 2 heterocycles. The third-order valence-corrected chi connectivity index (χ3v) is 6.39. The van der Waals surface area contributed by atoms with Gasteiger partial charge in [-0.2, -0.15) is 0 Å². The molecule has 3 rings (SSSR count). The summed E-state index contributed by atoms with van der Waals surface area (Å²) in [5.74, 6) is 0.188. The first-order chi connectivity index (χ1) is 14.8. The second-order valence-corrected chi connectivity index (χ2v) is 8.74. The fourth-order valence-corrected chi connectivity index (χ4v) is 4.31. The van der Waals surface area contributed by atoms with Gasteiger partial charge in [0.25, 0.3) is 0 Å². The number of nitrogens with zero attached hydrogens (tertiary/aromatic N) is 5. The molecular weight excluding hydrogens is 436 g/mol. The van der Waals surface area contributed by atoms with Crippen molar-refractivity contribution in [3.05, 3.63) is 34.8 Å². The Kier molecular flexibility index (Phi) is 7.29. The van der Waals surface area contributed by atoms with E-state index in [4.69, 9.17) is 4.74 Å². The quantitative estimate of drug-likeness (QED) is 0.404. The number of ether oxygens (including phenoxy) is 1. The largest absolute Gasteiger partial charge is 0.462 e. The molecule has 1 N–H and O–H groups in total. The van der Waals surface area contributed by atoms with Gasteiger partial charge >= 0.3 is 5.97 Å². The van der Waals surface area contributed by atoms with E-state index < -0.39 is 5.97 Å². The molecule has 31 heavy (non-hydrogen) atoms. The van der Waals surface area contributed by atoms with Crippen molar-refractivity contribution >= 4 is 45.8 Å². The molecule has 0 bridgehead atoms. The van der Waals surface area contributed by atoms with Crippen LogP contribution >= 0.6 is 23.1 Å². The van der Waals surface area contributed by atoms with Crippen molar-refractivity contribution in [3.63, 3.8) is 0 Å². The number of aromatic nitrogens is 4. The van der Waals surface area contributed by atoms with E-state index in [9.17, 15) is 9.59 Å². The Balaban J connectivity index is 1.61. The Hall–Kier alpha value is -2.92. The van der Waals surface area contributed by atoms with Crippen LogP contribution in [0.2, 0.25) is 0 Å². The normalized spacial score (nSPS) is 10.7. The van der Waals surface area contributed by atoms with Crippen LogP contribution in [-0.4, -0.2) is 58.1 Å². The molecule has 0 unspecified atom stereocenters. The Morgan fingerprint density at radius 2 is 1.94 bits per heavy atom. The van der Waals surface area contributed by atoms with Crippen molar-refractivity contribution in [3.8, 4) is 11.4 Å². The molecule has 0 aliphatic heterocycles. The Bertz CT molecular complexity index is 1080. The number of anilines is 2. The standard InChI is InChI=1S/C20H24N6O3S2/c1-6-29-18(28)16-12(2)21-19(31-16)22-15(27)11-30-20-24-23-17(26(20)5)13-7-9-14(10-8-13)25(3)4/h7-10H,6,11H2,1-5H3,(H,21,22,27). The summed E-state index contributed by atoms with van der Waals surface area (Å²) >= 11 is 2.38. The van der Waals surface area contributed by atoms with Crippen LogP contribution in [0.15, 0.2) is 29.4 Å². The highest BCUT2D eigenvalue weighted by molar-refractivity contribution is 7.99. The van der Waals surface area contributed by atoms with Crippen molar-refractivity contribution in [2.45, 2.75) is 19.0 Å². The molecule has 11 heteroatoms. The zero-order chi connectivity index (χ0) is 22.5. The molecule has 0 spiro atoms. The van der Waals surface area contributed by atoms with Crippen molar-refractivity contribution in [2.24, 2.45) is 7.05 Å². The molecule has 0 aliphatic rings. The smallest absolute Gasteiger partial charge is 0.350 e. The number of hydrogen-bond acceptors (Lipinski definition) is 9. The van der Waals surface area contributed by atoms with E-state index in [0.29, 0.717) is 20.9 Å². The van der Waals surface area contributed by atoms with Crippen LogP contribution in [0.5, 0.6) is 0 Å². The topological polar surface area (TPSA) is 102 Å². The van der Waals surface area contributed by atoms with Crippen LogP contribution in [0.3, 0.4) is 0 Å². The molecular formula is C20H24N6O3S2. The molecule has 1 aromatic carbocycles. The van der Waals surface area contributed by atoms with Gasteiger partial charge in [-0.1, -0.05) is 23.1 Å². The van der Waals surface area contributed by atoms with Gasteiger partial charge in [0.15, 0.2) is 16.1 Å². The summed E-state index contributed by atoms with van der Waals surface area (Å²) in [6.45, 7) is 3.73. The van der Waals surface area contributed by atoms with Gasteiger partial charge in [0, 0.05) is 32.4 Å². The van der Waals surface area contributed by atoms with Crippen LogP contribution in [0.25, 0.3) is 11.4 Å². The summed E-state index contributed by atoms with van der Waals surface area (Å²) in [5, 5.41) is 12.2. The number of carbonyl (C=O) groups excluding carboxylic acids is 2. The van der Waals surface area contributed by atoms with Crippen molar-refractivity contribution in [1.29, 1.82) is 0 Å². The summed E-state index contributed by atoms with van der Waals surface area (Å²) in [4.78, 5) is 30.9. The molecule has 0 fully saturated rings. The lowest BCUT2D eigenvalue weighted by atomic mass is 10.2. The summed E-state index contributed by atoms with van der Waals surface area (Å²) in [7, 11) is 5.84. The van der Waals surface area contributed by atoms with E-state index in [1.807, 2.05) is 54.9 Å². The van der Waals surface area contributed by atoms with Crippen LogP contribution in [0, 0.1) is 6.92 Å². The zero-order valence-corrected chi connectivity index (χ0v) is 19.6. The lowest BCUT2D eigenvalue weighted by Gasteiger charge is -2.12. The molecule has 0 atom stereocenters. The fraction of sp³-hybridized carbons (Fsp3) is 0.350. The number of benzene rings is 1. The maximum absolute atomic E-state index is 12.3. The summed E-state index contributed by atoms with van der Waals surface area (Å²) in [6, 6.07) is 8.02. The minimum atomic E-state index is -0.433. The van der Waals surface area contributed by atoms with Gasteiger partial charge in [0.1, 0.15) is 4.88 Å². The third kappa shape index (κ3) is 5.42. The number of thioether (sulfide) groups is 1. The minimum absolute atomic E-state index is 0.138. The van der Waals surface area contributed by atoms with Gasteiger partial charge in [-0.05, 0) is 38.1 Å². The lowest BCUT2D eigenvalue weighted by Crippen LogP contribution is -2.14. The Labute approximate surface area is 188 Å². The molecule has 0 radical (unpaired) electrons. The summed E-state index contributed by atoms with van der Waals surface area (Å²) in [5.41, 5.74) is 2.58. The van der Waals surface area contributed by atoms with E-state index in [1.165, 1.54) is 11.8 Å². The monoisotopic (exact) mass is 460 g/mol. The van der Waals surface area contributed by atoms with Gasteiger partial charge in [0.05, 0.1) is 18.1 Å². The average Bonchev–Trinajstić information content (AvgIpc) is 3.28. The summed E-state index contributed by atoms with van der Waals surface area (Å²) < 4.78 is 6.85. The zero-order valence-electron chi connectivity index (χ0n) is 18.0. The number of nitrogens with one attached hydrogen (secondary N) is 1. The predicted octanol–water partition coefficient (Wildman–Crippen LogP) is 3.22. The molecule has 0 saturated heterocycles. The van der Waals surface area contributed by atoms with Gasteiger partial charge in [0.2, 0.25) is 5.91 Å². The lowest BCUT2D eigenvalue weighted by molar-refractivity contribution is -0.113. The van der Waals surface area contributed by atoms with Crippen molar-refractivity contribution in [1.82, 2.24) is 19.7 Å². The van der Waals surface area contributed by atoms with E-state index in [1.54, 1.807) is 13.8 Å². The SMILES string of the molecule is CCOC(=O)c1sc(NC(=O)CSc2nnc(-c3ccc(N(C)C)cc3)n2C)nc1C. The van der Waals surface area contributed by atoms with Crippen molar-refractivity contribution < 1.29 is 14.3 Å². The molecule has 1 amide bonds. The van der Waals surface area contributed by atoms with Gasteiger partial charge in [-0.15, -0.1) is 10.2 Å². The Morgan fingerprint density at radius 3 is 2.58 bits per heavy atom. The first-order valence-electron chi connectivity index (χ1n) is 9.54. The molecule has 2 aromatic heterocycles. The minimum Gasteiger partial charge on any atom is -0.462 e. The maximum atomic E-state index is 12.3. The van der Waals surface area contributed by atoms with Gasteiger partial charge in [-0.3, -0.25) is 4.79 Å². The van der Waals surface area contributed by atoms with Crippen LogP contribution in [-0.2, 0) is 16.6 Å². The molecule has 0 aliphatic carbocycles. The second-order valence-electron chi connectivity index (χ2n) is 6.80. The van der Waals surface area contributed by atoms with Crippen LogP contribution < -0.4 is 10.2 Å². The van der Waals surface area contributed by atoms with Crippen molar-refractivity contribution in [2.75, 3.05) is 36.7 Å². The number of thiazole rings is 1. The first-order valence-corrected chi connectivity index (χ1v) is 11.3. The van der Waals surface area contributed by atoms with E-state index >= 15 is 0 Å². The number of carbonyl (C=O) groups is 2. The third-order valence-electron chi connectivity index (χ3n) is 4.31. The molecule has 3 aromatic rings. The van der Waals surface area contributed by atoms with E-state index in [-0.39, 0.29) is 18.3 Å². The number of amides is 1. The van der Waals surface area contributed by atoms with Crippen LogP contribution in [0.1, 0.15) is 22.3 Å². The van der Waals surface area contributed by atoms with Crippen LogP contribution in [0.4, 0.5) is 10.8 Å². The number of esters is 1. The predicted molar refractivity (Wildman–Crippen MR) is 123 cm³/mol. The highest BCUT2D eigenvalue weighted by Crippen LogP contribution is 2.26. The van der Waals surface area contributed by atoms with E-state index in [2.05, 4.69) is 20.5 Å². The average molecular weight is 461 g/mol. The number of rotatable bonds is 8. The van der Waals surface area contributed by atoms with E-state index in [0.717, 1.165) is 28.4 Å². The number of aryl methyl sites for hydroxylation is 1. The highest BCUT2D eigenvalue weighted by Gasteiger charge is 2.18. The maximum Gasteiger partial charge on any atom is 0.350 e. The van der Waals surface area contributed by atoms with Gasteiger partial charge < -0.3 is 19.5 Å². The molecule has 164 valence electrons. The number of hydrogen-bond donors (Lipinski definition) is 1. The highest BCUT2D eigenvalue weighted by atomic mass is 32.2. The molecule has 0 saturated carbocycles. The second kappa shape index (κ2) is 9.92.